The van der Waals surface area contributed by atoms with Crippen molar-refractivity contribution in [2.45, 2.75) is 31.3 Å². The Morgan fingerprint density at radius 1 is 1.35 bits per heavy atom. The van der Waals surface area contributed by atoms with Crippen LogP contribution < -0.4 is 4.74 Å². The zero-order chi connectivity index (χ0) is 12.7. The molecule has 0 unspecified atom stereocenters. The number of para-hydroxylation sites is 1. The molecular weight excluding hydrogens is 271 g/mol. The highest BCUT2D eigenvalue weighted by molar-refractivity contribution is 6.43. The van der Waals surface area contributed by atoms with Gasteiger partial charge in [-0.05, 0) is 31.9 Å². The summed E-state index contributed by atoms with van der Waals surface area (Å²) >= 11 is 11.3. The zero-order valence-corrected chi connectivity index (χ0v) is 13.2. The zero-order valence-electron chi connectivity index (χ0n) is 10.2. The first-order valence-electron chi connectivity index (χ1n) is 5.75. The summed E-state index contributed by atoms with van der Waals surface area (Å²) in [5.41, 5.74) is 4.99. The molecule has 17 heavy (non-hydrogen) atoms. The summed E-state index contributed by atoms with van der Waals surface area (Å²) < 4.78 is 5.35. The summed E-state index contributed by atoms with van der Waals surface area (Å²) in [6.45, 7) is 4.30. The van der Waals surface area contributed by atoms with Crippen LogP contribution in [0.1, 0.15) is 19.4 Å². The van der Waals surface area contributed by atoms with Crippen LogP contribution in [0.15, 0.2) is 35.5 Å². The van der Waals surface area contributed by atoms with Crippen LogP contribution in [0.25, 0.3) is 0 Å². The number of rotatable bonds is 6. The summed E-state index contributed by atoms with van der Waals surface area (Å²) in [6, 6.07) is 9.17. The number of hydrogen-bond acceptors (Lipinski definition) is 1. The molecule has 0 amide bonds. The van der Waals surface area contributed by atoms with E-state index in [2.05, 4.69) is 25.6 Å². The predicted octanol–water partition coefficient (Wildman–Crippen LogP) is 3.88. The molecule has 1 aromatic carbocycles. The Hall–Kier alpha value is -0.443. The lowest BCUT2D eigenvalue weighted by atomic mass is 10.1. The van der Waals surface area contributed by atoms with Crippen molar-refractivity contribution in [2.75, 3.05) is 0 Å². The van der Waals surface area contributed by atoms with Gasteiger partial charge in [0.1, 0.15) is 5.75 Å². The van der Waals surface area contributed by atoms with E-state index in [9.17, 15) is 0 Å². The van der Waals surface area contributed by atoms with Gasteiger partial charge in [0, 0.05) is 9.52 Å². The number of halogens is 2. The molecule has 4 heteroatoms. The summed E-state index contributed by atoms with van der Waals surface area (Å²) in [5.74, 6) is 0.800. The standard InChI is InChI=1S/C13H18Cl2OSi/c1-10(2)9-17-8-7-11-5-3-4-6-12(11)16-13(14)15/h3-6,9,13H,7-8,17H2,1-2H3. The molecule has 0 aliphatic heterocycles. The van der Waals surface area contributed by atoms with Gasteiger partial charge in [0.15, 0.2) is 0 Å². The van der Waals surface area contributed by atoms with Crippen LogP contribution in [-0.4, -0.2) is 14.5 Å². The van der Waals surface area contributed by atoms with E-state index in [-0.39, 0.29) is 9.52 Å². The molecule has 0 atom stereocenters. The van der Waals surface area contributed by atoms with Gasteiger partial charge in [0.25, 0.3) is 0 Å². The fraction of sp³-hybridized carbons (Fsp3) is 0.385. The molecule has 0 spiro atoms. The molecule has 0 bridgehead atoms. The van der Waals surface area contributed by atoms with Crippen molar-refractivity contribution in [1.82, 2.24) is 0 Å². The third-order valence-electron chi connectivity index (χ3n) is 2.39. The Labute approximate surface area is 116 Å². The number of allylic oxidation sites excluding steroid dienone is 1. The third-order valence-corrected chi connectivity index (χ3v) is 4.44. The fourth-order valence-electron chi connectivity index (χ4n) is 1.60. The van der Waals surface area contributed by atoms with Gasteiger partial charge in [-0.15, -0.1) is 5.70 Å². The van der Waals surface area contributed by atoms with Crippen molar-refractivity contribution < 1.29 is 4.74 Å². The van der Waals surface area contributed by atoms with E-state index >= 15 is 0 Å². The van der Waals surface area contributed by atoms with Crippen LogP contribution in [0, 0.1) is 0 Å². The van der Waals surface area contributed by atoms with Gasteiger partial charge in [-0.25, -0.2) is 0 Å². The topological polar surface area (TPSA) is 9.23 Å². The van der Waals surface area contributed by atoms with E-state index in [1.165, 1.54) is 17.2 Å². The SMILES string of the molecule is CC(C)=C[SiH2]CCc1ccccc1OC(Cl)Cl. The van der Waals surface area contributed by atoms with Crippen molar-refractivity contribution in [3.8, 4) is 5.75 Å². The molecule has 0 saturated heterocycles. The first-order valence-corrected chi connectivity index (χ1v) is 8.44. The van der Waals surface area contributed by atoms with Crippen LogP contribution in [-0.2, 0) is 6.42 Å². The van der Waals surface area contributed by atoms with Crippen LogP contribution >= 0.6 is 23.2 Å². The minimum absolute atomic E-state index is 0.107. The van der Waals surface area contributed by atoms with Gasteiger partial charge < -0.3 is 4.74 Å². The highest BCUT2D eigenvalue weighted by Gasteiger charge is 2.06. The second-order valence-corrected chi connectivity index (χ2v) is 6.87. The van der Waals surface area contributed by atoms with Gasteiger partial charge in [-0.3, -0.25) is 0 Å². The van der Waals surface area contributed by atoms with E-state index in [0.717, 1.165) is 12.2 Å². The highest BCUT2D eigenvalue weighted by atomic mass is 35.5. The first-order chi connectivity index (χ1) is 8.09. The highest BCUT2D eigenvalue weighted by Crippen LogP contribution is 2.22. The molecule has 0 saturated carbocycles. The first kappa shape index (κ1) is 14.6. The summed E-state index contributed by atoms with van der Waals surface area (Å²) in [5, 5.41) is -0.800. The third kappa shape index (κ3) is 6.15. The molecule has 1 aromatic rings. The Morgan fingerprint density at radius 2 is 2.06 bits per heavy atom. The normalized spacial score (nSPS) is 11.1. The number of alkyl halides is 2. The monoisotopic (exact) mass is 288 g/mol. The van der Waals surface area contributed by atoms with E-state index in [1.54, 1.807) is 0 Å². The molecule has 0 aliphatic carbocycles. The minimum Gasteiger partial charge on any atom is -0.460 e. The minimum atomic E-state index is -0.800. The van der Waals surface area contributed by atoms with Crippen LogP contribution in [0.3, 0.4) is 0 Å². The number of benzene rings is 1. The Bertz CT molecular complexity index is 373. The molecule has 94 valence electrons. The predicted molar refractivity (Wildman–Crippen MR) is 79.1 cm³/mol. The van der Waals surface area contributed by atoms with Gasteiger partial charge in [0.05, 0.1) is 0 Å². The Morgan fingerprint density at radius 3 is 2.71 bits per heavy atom. The molecular formula is C13H18Cl2OSi. The van der Waals surface area contributed by atoms with Crippen molar-refractivity contribution >= 4 is 32.7 Å². The Balaban J connectivity index is 2.54. The lowest BCUT2D eigenvalue weighted by Crippen LogP contribution is -2.02. The molecule has 0 aromatic heterocycles. The summed E-state index contributed by atoms with van der Waals surface area (Å²) in [7, 11) is -0.107. The van der Waals surface area contributed by atoms with Crippen molar-refractivity contribution in [3.63, 3.8) is 0 Å². The van der Waals surface area contributed by atoms with Crippen molar-refractivity contribution in [3.05, 3.63) is 41.1 Å². The second-order valence-electron chi connectivity index (χ2n) is 4.16. The van der Waals surface area contributed by atoms with Crippen molar-refractivity contribution in [1.29, 1.82) is 0 Å². The molecule has 0 N–H and O–H groups in total. The maximum absolute atomic E-state index is 5.63. The van der Waals surface area contributed by atoms with Gasteiger partial charge in [-0.2, -0.15) is 0 Å². The maximum atomic E-state index is 5.63. The Kier molecular flexibility index (Phi) is 6.71. The maximum Gasteiger partial charge on any atom is 0.247 e. The van der Waals surface area contributed by atoms with E-state index in [4.69, 9.17) is 27.9 Å². The van der Waals surface area contributed by atoms with Crippen LogP contribution in [0.4, 0.5) is 0 Å². The van der Waals surface area contributed by atoms with E-state index < -0.39 is 5.02 Å². The molecule has 0 aliphatic rings. The van der Waals surface area contributed by atoms with E-state index in [0.29, 0.717) is 0 Å². The molecule has 0 heterocycles. The average Bonchev–Trinajstić information content (AvgIpc) is 2.25. The molecule has 1 rings (SSSR count). The smallest absolute Gasteiger partial charge is 0.247 e. The van der Waals surface area contributed by atoms with Gasteiger partial charge in [-0.1, -0.05) is 53.0 Å². The molecule has 0 radical (unpaired) electrons. The average molecular weight is 289 g/mol. The lowest BCUT2D eigenvalue weighted by Gasteiger charge is -2.11. The number of hydrogen-bond donors (Lipinski definition) is 0. The quantitative estimate of drug-likeness (QED) is 0.439. The molecule has 0 fully saturated rings. The van der Waals surface area contributed by atoms with Crippen LogP contribution in [0.2, 0.25) is 6.04 Å². The van der Waals surface area contributed by atoms with Crippen LogP contribution in [0.5, 0.6) is 5.75 Å². The lowest BCUT2D eigenvalue weighted by molar-refractivity contribution is 0.350. The largest absolute Gasteiger partial charge is 0.460 e. The number of aryl methyl sites for hydroxylation is 1. The number of ether oxygens (including phenoxy) is 1. The van der Waals surface area contributed by atoms with Gasteiger partial charge >= 0.3 is 0 Å². The molecule has 1 nitrogen and oxygen atoms in total. The summed E-state index contributed by atoms with van der Waals surface area (Å²) in [4.78, 5) is 0. The van der Waals surface area contributed by atoms with Gasteiger partial charge in [0.2, 0.25) is 5.02 Å². The van der Waals surface area contributed by atoms with Crippen molar-refractivity contribution in [2.24, 2.45) is 0 Å². The fourth-order valence-corrected chi connectivity index (χ4v) is 3.16. The second kappa shape index (κ2) is 7.80. The van der Waals surface area contributed by atoms with E-state index in [1.807, 2.05) is 18.2 Å². The summed E-state index contributed by atoms with van der Waals surface area (Å²) in [6.07, 6.45) is 1.03.